The number of phenolic OH excluding ortho intramolecular Hbond substituents is 1. The quantitative estimate of drug-likeness (QED) is 0.183. The van der Waals surface area contributed by atoms with Gasteiger partial charge in [-0.25, -0.2) is 0 Å². The molecule has 0 aliphatic heterocycles. The summed E-state index contributed by atoms with van der Waals surface area (Å²) < 4.78 is -1.87. The fraction of sp³-hybridized carbons (Fsp3) is 0.111. The van der Waals surface area contributed by atoms with Crippen molar-refractivity contribution >= 4 is 69.8 Å². The van der Waals surface area contributed by atoms with Crippen molar-refractivity contribution in [3.05, 3.63) is 66.2 Å². The normalized spacial score (nSPS) is 12.4. The molecular weight excluding hydrogens is 429 g/mol. The predicted octanol–water partition coefficient (Wildman–Crippen LogP) is 4.20. The van der Waals surface area contributed by atoms with Gasteiger partial charge in [0.2, 0.25) is 9.70 Å². The maximum Gasteiger partial charge on any atom is 0.245 e. The number of amides is 1. The number of halogens is 3. The average molecular weight is 445 g/mol. The number of hydrogen-bond acceptors (Lipinski definition) is 3. The fourth-order valence-electron chi connectivity index (χ4n) is 2.00. The molecular formula is C18H16Cl3N3O2S. The highest BCUT2D eigenvalue weighted by atomic mass is 35.6. The molecule has 9 heteroatoms. The summed E-state index contributed by atoms with van der Waals surface area (Å²) in [6.07, 6.45) is 1.84. The summed E-state index contributed by atoms with van der Waals surface area (Å²) in [6, 6.07) is 15.8. The van der Waals surface area contributed by atoms with E-state index in [1.165, 1.54) is 12.1 Å². The summed E-state index contributed by atoms with van der Waals surface area (Å²) >= 11 is 23.0. The number of phenols is 1. The second kappa shape index (κ2) is 9.80. The minimum absolute atomic E-state index is 0.00177. The lowest BCUT2D eigenvalue weighted by Gasteiger charge is -2.27. The first-order valence-corrected chi connectivity index (χ1v) is 9.26. The van der Waals surface area contributed by atoms with Crippen molar-refractivity contribution in [3.8, 4) is 5.75 Å². The second-order valence-corrected chi connectivity index (χ2v) is 8.12. The zero-order valence-electron chi connectivity index (χ0n) is 13.8. The molecule has 4 N–H and O–H groups in total. The van der Waals surface area contributed by atoms with Crippen LogP contribution in [0.15, 0.2) is 60.7 Å². The minimum Gasteiger partial charge on any atom is -0.506 e. The lowest BCUT2D eigenvalue weighted by atomic mass is 10.2. The highest BCUT2D eigenvalue weighted by Crippen LogP contribution is 2.29. The Morgan fingerprint density at radius 3 is 2.30 bits per heavy atom. The summed E-state index contributed by atoms with van der Waals surface area (Å²) in [7, 11) is 0. The van der Waals surface area contributed by atoms with Crippen molar-refractivity contribution in [2.45, 2.75) is 9.96 Å². The molecule has 0 aliphatic rings. The Balaban J connectivity index is 2.00. The van der Waals surface area contributed by atoms with Gasteiger partial charge in [-0.05, 0) is 36.0 Å². The van der Waals surface area contributed by atoms with Gasteiger partial charge in [-0.15, -0.1) is 0 Å². The monoisotopic (exact) mass is 443 g/mol. The number of nitrogens with one attached hydrogen (secondary N) is 3. The van der Waals surface area contributed by atoms with E-state index < -0.39 is 15.9 Å². The maximum absolute atomic E-state index is 12.1. The lowest BCUT2D eigenvalue weighted by Crippen LogP contribution is -2.55. The van der Waals surface area contributed by atoms with E-state index in [9.17, 15) is 9.90 Å². The molecule has 0 bridgehead atoms. The highest BCUT2D eigenvalue weighted by molar-refractivity contribution is 7.80. The molecule has 2 rings (SSSR count). The Labute approximate surface area is 177 Å². The molecule has 0 unspecified atom stereocenters. The number of thiocarbonyl (C=S) groups is 1. The van der Waals surface area contributed by atoms with Crippen LogP contribution in [-0.2, 0) is 4.79 Å². The summed E-state index contributed by atoms with van der Waals surface area (Å²) in [5.74, 6) is -0.477. The van der Waals surface area contributed by atoms with E-state index in [0.29, 0.717) is 5.69 Å². The van der Waals surface area contributed by atoms with Crippen LogP contribution in [0.2, 0.25) is 0 Å². The lowest BCUT2D eigenvalue weighted by molar-refractivity contribution is -0.117. The van der Waals surface area contributed by atoms with Gasteiger partial charge in [-0.2, -0.15) is 0 Å². The Morgan fingerprint density at radius 1 is 1.04 bits per heavy atom. The molecule has 0 saturated heterocycles. The first-order chi connectivity index (χ1) is 12.8. The van der Waals surface area contributed by atoms with Gasteiger partial charge in [0.25, 0.3) is 0 Å². The zero-order valence-corrected chi connectivity index (χ0v) is 16.9. The van der Waals surface area contributed by atoms with Gasteiger partial charge < -0.3 is 21.1 Å². The third-order valence-electron chi connectivity index (χ3n) is 3.27. The van der Waals surface area contributed by atoms with Crippen LogP contribution < -0.4 is 16.0 Å². The molecule has 5 nitrogen and oxygen atoms in total. The molecule has 0 spiro atoms. The van der Waals surface area contributed by atoms with Crippen LogP contribution >= 0.6 is 47.0 Å². The van der Waals surface area contributed by atoms with Crippen molar-refractivity contribution in [1.29, 1.82) is 0 Å². The summed E-state index contributed by atoms with van der Waals surface area (Å²) in [4.78, 5) is 12.1. The maximum atomic E-state index is 12.1. The number of anilines is 1. The first-order valence-electron chi connectivity index (χ1n) is 7.71. The van der Waals surface area contributed by atoms with Crippen LogP contribution in [0, 0.1) is 0 Å². The van der Waals surface area contributed by atoms with Crippen LogP contribution in [-0.4, -0.2) is 26.1 Å². The third-order valence-corrected chi connectivity index (χ3v) is 4.14. The summed E-state index contributed by atoms with van der Waals surface area (Å²) in [6.45, 7) is 0. The SMILES string of the molecule is O=C(/C=C\c1ccccc1)N[C@H](NC(=S)Nc1ccccc1O)C(Cl)(Cl)Cl. The van der Waals surface area contributed by atoms with Gasteiger partial charge in [0.15, 0.2) is 5.11 Å². The van der Waals surface area contributed by atoms with E-state index in [1.54, 1.807) is 24.3 Å². The van der Waals surface area contributed by atoms with Gasteiger partial charge in [0, 0.05) is 6.08 Å². The third kappa shape index (κ3) is 7.27. The van der Waals surface area contributed by atoms with E-state index >= 15 is 0 Å². The smallest absolute Gasteiger partial charge is 0.245 e. The van der Waals surface area contributed by atoms with Gasteiger partial charge >= 0.3 is 0 Å². The molecule has 142 valence electrons. The number of alkyl halides is 3. The number of rotatable bonds is 5. The summed E-state index contributed by atoms with van der Waals surface area (Å²) in [5, 5.41) is 17.8. The number of carbonyl (C=O) groups is 1. The molecule has 0 aromatic heterocycles. The standard InChI is InChI=1S/C18H16Cl3N3O2S/c19-18(20,21)16(23-15(26)11-10-12-6-2-1-3-7-12)24-17(27)22-13-8-4-5-9-14(13)25/h1-11,16,25H,(H,23,26)(H2,22,24,27)/b11-10-/t16-/m1/s1. The van der Waals surface area contributed by atoms with Crippen LogP contribution in [0.1, 0.15) is 5.56 Å². The van der Waals surface area contributed by atoms with Crippen molar-refractivity contribution in [2.75, 3.05) is 5.32 Å². The number of para-hydroxylation sites is 2. The van der Waals surface area contributed by atoms with E-state index in [4.69, 9.17) is 47.0 Å². The number of carbonyl (C=O) groups excluding carboxylic acids is 1. The summed E-state index contributed by atoms with van der Waals surface area (Å²) in [5.41, 5.74) is 1.22. The van der Waals surface area contributed by atoms with Crippen LogP contribution in [0.4, 0.5) is 5.69 Å². The number of aromatic hydroxyl groups is 1. The Kier molecular flexibility index (Phi) is 7.74. The van der Waals surface area contributed by atoms with Crippen molar-refractivity contribution < 1.29 is 9.90 Å². The largest absolute Gasteiger partial charge is 0.506 e. The highest BCUT2D eigenvalue weighted by Gasteiger charge is 2.34. The second-order valence-electron chi connectivity index (χ2n) is 5.34. The van der Waals surface area contributed by atoms with Gasteiger partial charge in [0.05, 0.1) is 5.69 Å². The van der Waals surface area contributed by atoms with E-state index in [2.05, 4.69) is 16.0 Å². The topological polar surface area (TPSA) is 73.4 Å². The molecule has 27 heavy (non-hydrogen) atoms. The minimum atomic E-state index is -1.87. The van der Waals surface area contributed by atoms with Crippen LogP contribution in [0.5, 0.6) is 5.75 Å². The number of benzene rings is 2. The first kappa shape index (κ1) is 21.3. The number of hydrogen-bond donors (Lipinski definition) is 4. The molecule has 0 aliphatic carbocycles. The van der Waals surface area contributed by atoms with Crippen LogP contribution in [0.3, 0.4) is 0 Å². The molecule has 0 fully saturated rings. The molecule has 0 radical (unpaired) electrons. The zero-order chi connectivity index (χ0) is 19.9. The fourth-order valence-corrected chi connectivity index (χ4v) is 2.55. The molecule has 1 atom stereocenters. The molecule has 1 amide bonds. The molecule has 2 aromatic carbocycles. The van der Waals surface area contributed by atoms with Gasteiger partial charge in [-0.1, -0.05) is 77.3 Å². The van der Waals surface area contributed by atoms with E-state index in [1.807, 2.05) is 30.3 Å². The van der Waals surface area contributed by atoms with Crippen molar-refractivity contribution in [2.24, 2.45) is 0 Å². The average Bonchev–Trinajstić information content (AvgIpc) is 2.61. The molecule has 2 aromatic rings. The van der Waals surface area contributed by atoms with E-state index in [-0.39, 0.29) is 10.9 Å². The predicted molar refractivity (Wildman–Crippen MR) is 115 cm³/mol. The van der Waals surface area contributed by atoms with Gasteiger partial charge in [0.1, 0.15) is 11.9 Å². The molecule has 0 saturated carbocycles. The Hall–Kier alpha value is -1.99. The van der Waals surface area contributed by atoms with Gasteiger partial charge in [-0.3, -0.25) is 4.79 Å². The van der Waals surface area contributed by atoms with Crippen molar-refractivity contribution in [1.82, 2.24) is 10.6 Å². The van der Waals surface area contributed by atoms with E-state index in [0.717, 1.165) is 5.56 Å². The molecule has 0 heterocycles. The van der Waals surface area contributed by atoms with Crippen molar-refractivity contribution in [3.63, 3.8) is 0 Å². The van der Waals surface area contributed by atoms with Crippen LogP contribution in [0.25, 0.3) is 6.08 Å². The Morgan fingerprint density at radius 2 is 1.67 bits per heavy atom. The Bertz CT molecular complexity index is 826.